The SMILES string of the molecule is CCOc1ccc(-n2c(C)cc(C=C3C(=N)N4N=C(c5ccccc5C)SC4=NC3=O)c2C)cc1. The quantitative estimate of drug-likeness (QED) is 0.488. The second-order valence-corrected chi connectivity index (χ2v) is 9.28. The summed E-state index contributed by atoms with van der Waals surface area (Å²) in [4.78, 5) is 17.2. The number of ether oxygens (including phenoxy) is 1. The van der Waals surface area contributed by atoms with E-state index >= 15 is 0 Å². The molecule has 8 heteroatoms. The van der Waals surface area contributed by atoms with Crippen molar-refractivity contribution in [3.8, 4) is 11.4 Å². The van der Waals surface area contributed by atoms with E-state index in [9.17, 15) is 4.79 Å². The van der Waals surface area contributed by atoms with E-state index in [0.29, 0.717) is 11.8 Å². The predicted molar refractivity (Wildman–Crippen MR) is 142 cm³/mol. The number of fused-ring (bicyclic) bond motifs is 1. The molecule has 0 saturated heterocycles. The van der Waals surface area contributed by atoms with Crippen LogP contribution in [-0.4, -0.2) is 38.1 Å². The molecule has 0 saturated carbocycles. The number of amidine groups is 2. The number of rotatable bonds is 5. The van der Waals surface area contributed by atoms with Crippen molar-refractivity contribution in [3.05, 3.63) is 88.2 Å². The van der Waals surface area contributed by atoms with Crippen molar-refractivity contribution in [3.63, 3.8) is 0 Å². The maximum Gasteiger partial charge on any atom is 0.283 e. The molecular formula is C27H25N5O2S. The monoisotopic (exact) mass is 483 g/mol. The number of hydrogen-bond acceptors (Lipinski definition) is 5. The minimum absolute atomic E-state index is 0.0296. The molecule has 5 rings (SSSR count). The van der Waals surface area contributed by atoms with Crippen LogP contribution in [0.3, 0.4) is 0 Å². The second kappa shape index (κ2) is 9.03. The Morgan fingerprint density at radius 1 is 1.09 bits per heavy atom. The van der Waals surface area contributed by atoms with Gasteiger partial charge in [0, 0.05) is 22.6 Å². The fraction of sp³-hybridized carbons (Fsp3) is 0.185. The molecule has 0 fully saturated rings. The van der Waals surface area contributed by atoms with E-state index in [1.807, 2.05) is 82.3 Å². The molecule has 0 aliphatic carbocycles. The van der Waals surface area contributed by atoms with Crippen molar-refractivity contribution in [1.29, 1.82) is 5.41 Å². The molecule has 176 valence electrons. The van der Waals surface area contributed by atoms with Gasteiger partial charge in [-0.25, -0.2) is 0 Å². The van der Waals surface area contributed by atoms with E-state index in [4.69, 9.17) is 10.1 Å². The zero-order valence-electron chi connectivity index (χ0n) is 20.0. The first-order chi connectivity index (χ1) is 16.9. The number of nitrogens with zero attached hydrogens (tertiary/aromatic N) is 4. The largest absolute Gasteiger partial charge is 0.494 e. The molecule has 1 N–H and O–H groups in total. The van der Waals surface area contributed by atoms with E-state index in [1.54, 1.807) is 6.08 Å². The maximum atomic E-state index is 12.9. The van der Waals surface area contributed by atoms with Crippen LogP contribution in [0.15, 0.2) is 70.3 Å². The van der Waals surface area contributed by atoms with Gasteiger partial charge in [-0.3, -0.25) is 10.2 Å². The predicted octanol–water partition coefficient (Wildman–Crippen LogP) is 5.47. The minimum atomic E-state index is -0.430. The van der Waals surface area contributed by atoms with Crippen LogP contribution in [-0.2, 0) is 4.79 Å². The highest BCUT2D eigenvalue weighted by Crippen LogP contribution is 2.32. The fourth-order valence-electron chi connectivity index (χ4n) is 4.26. The van der Waals surface area contributed by atoms with Crippen LogP contribution in [0.5, 0.6) is 5.75 Å². The van der Waals surface area contributed by atoms with Gasteiger partial charge in [0.2, 0.25) is 5.17 Å². The average Bonchev–Trinajstić information content (AvgIpc) is 3.38. The summed E-state index contributed by atoms with van der Waals surface area (Å²) in [6, 6.07) is 17.8. The van der Waals surface area contributed by atoms with E-state index < -0.39 is 5.91 Å². The van der Waals surface area contributed by atoms with Gasteiger partial charge in [0.1, 0.15) is 10.8 Å². The van der Waals surface area contributed by atoms with Gasteiger partial charge in [0.05, 0.1) is 12.2 Å². The van der Waals surface area contributed by atoms with Crippen molar-refractivity contribution in [2.24, 2.45) is 10.1 Å². The highest BCUT2D eigenvalue weighted by molar-refractivity contribution is 8.27. The number of hydrazone groups is 1. The molecule has 0 radical (unpaired) electrons. The third-order valence-corrected chi connectivity index (χ3v) is 6.95. The lowest BCUT2D eigenvalue weighted by Gasteiger charge is -2.20. The summed E-state index contributed by atoms with van der Waals surface area (Å²) in [6.07, 6.45) is 1.74. The third-order valence-electron chi connectivity index (χ3n) is 6.01. The summed E-state index contributed by atoms with van der Waals surface area (Å²) in [5.41, 5.74) is 6.12. The van der Waals surface area contributed by atoms with E-state index in [1.165, 1.54) is 16.8 Å². The molecule has 2 aliphatic rings. The molecule has 0 bridgehead atoms. The molecule has 7 nitrogen and oxygen atoms in total. The van der Waals surface area contributed by atoms with Crippen LogP contribution >= 0.6 is 11.8 Å². The number of carbonyl (C=O) groups is 1. The molecule has 0 atom stereocenters. The van der Waals surface area contributed by atoms with E-state index in [0.717, 1.165) is 44.6 Å². The first-order valence-electron chi connectivity index (χ1n) is 11.4. The molecule has 0 spiro atoms. The number of aryl methyl sites for hydroxylation is 2. The van der Waals surface area contributed by atoms with Crippen LogP contribution in [0, 0.1) is 26.2 Å². The molecule has 1 aromatic heterocycles. The highest BCUT2D eigenvalue weighted by atomic mass is 32.2. The summed E-state index contributed by atoms with van der Waals surface area (Å²) in [5.74, 6) is 0.424. The number of aromatic nitrogens is 1. The summed E-state index contributed by atoms with van der Waals surface area (Å²) in [7, 11) is 0. The van der Waals surface area contributed by atoms with Gasteiger partial charge in [-0.15, -0.1) is 0 Å². The van der Waals surface area contributed by atoms with Gasteiger partial charge in [-0.1, -0.05) is 24.3 Å². The standard InChI is InChI=1S/C27H25N5O2S/c1-5-34-21-12-10-20(11-13-21)31-17(3)14-19(18(31)4)15-23-24(28)32-27(29-25(23)33)35-26(30-32)22-9-7-6-8-16(22)2/h6-15,28H,5H2,1-4H3. The second-order valence-electron chi connectivity index (χ2n) is 8.33. The van der Waals surface area contributed by atoms with Gasteiger partial charge in [0.15, 0.2) is 5.84 Å². The van der Waals surface area contributed by atoms with E-state index in [2.05, 4.69) is 14.7 Å². The van der Waals surface area contributed by atoms with Crippen LogP contribution in [0.1, 0.15) is 35.0 Å². The smallest absolute Gasteiger partial charge is 0.283 e. The van der Waals surface area contributed by atoms with Crippen molar-refractivity contribution in [2.45, 2.75) is 27.7 Å². The van der Waals surface area contributed by atoms with Crippen molar-refractivity contribution < 1.29 is 9.53 Å². The Kier molecular flexibility index (Phi) is 5.90. The number of hydrogen-bond donors (Lipinski definition) is 1. The molecule has 0 unspecified atom stereocenters. The Hall–Kier alpha value is -3.91. The van der Waals surface area contributed by atoms with Crippen molar-refractivity contribution in [2.75, 3.05) is 6.61 Å². The Labute approximate surface area is 208 Å². The molecule has 3 heterocycles. The number of carbonyl (C=O) groups excluding carboxylic acids is 1. The van der Waals surface area contributed by atoms with Gasteiger partial charge >= 0.3 is 0 Å². The van der Waals surface area contributed by atoms with Gasteiger partial charge in [-0.2, -0.15) is 15.1 Å². The van der Waals surface area contributed by atoms with Crippen LogP contribution in [0.4, 0.5) is 0 Å². The van der Waals surface area contributed by atoms with Gasteiger partial charge < -0.3 is 9.30 Å². The Morgan fingerprint density at radius 2 is 1.83 bits per heavy atom. The Bertz CT molecular complexity index is 1450. The Balaban J connectivity index is 1.48. The normalized spacial score (nSPS) is 16.5. The number of nitrogens with one attached hydrogen (secondary N) is 1. The first kappa shape index (κ1) is 22.9. The fourth-order valence-corrected chi connectivity index (χ4v) is 5.24. The lowest BCUT2D eigenvalue weighted by atomic mass is 10.1. The number of thioether (sulfide) groups is 1. The number of benzene rings is 2. The maximum absolute atomic E-state index is 12.9. The molecule has 2 aliphatic heterocycles. The molecule has 1 amide bonds. The minimum Gasteiger partial charge on any atom is -0.494 e. The van der Waals surface area contributed by atoms with Gasteiger partial charge in [0.25, 0.3) is 5.91 Å². The molecule has 2 aromatic carbocycles. The summed E-state index contributed by atoms with van der Waals surface area (Å²) in [5, 5.41) is 15.9. The van der Waals surface area contributed by atoms with Crippen LogP contribution < -0.4 is 4.74 Å². The zero-order chi connectivity index (χ0) is 24.7. The highest BCUT2D eigenvalue weighted by Gasteiger charge is 2.36. The summed E-state index contributed by atoms with van der Waals surface area (Å²) in [6.45, 7) is 8.61. The first-order valence-corrected chi connectivity index (χ1v) is 12.2. The van der Waals surface area contributed by atoms with Crippen LogP contribution in [0.2, 0.25) is 0 Å². The summed E-state index contributed by atoms with van der Waals surface area (Å²) < 4.78 is 7.67. The molecule has 35 heavy (non-hydrogen) atoms. The lowest BCUT2D eigenvalue weighted by Crippen LogP contribution is -2.35. The van der Waals surface area contributed by atoms with E-state index in [-0.39, 0.29) is 11.4 Å². The Morgan fingerprint density at radius 3 is 2.54 bits per heavy atom. The number of aliphatic imine (C=N–C) groups is 1. The van der Waals surface area contributed by atoms with Crippen molar-refractivity contribution in [1.82, 2.24) is 9.58 Å². The van der Waals surface area contributed by atoms with Crippen LogP contribution in [0.25, 0.3) is 11.8 Å². The van der Waals surface area contributed by atoms with Gasteiger partial charge in [-0.05, 0) is 87.0 Å². The average molecular weight is 484 g/mol. The summed E-state index contributed by atoms with van der Waals surface area (Å²) >= 11 is 1.31. The molecular weight excluding hydrogens is 458 g/mol. The third kappa shape index (κ3) is 4.10. The topological polar surface area (TPSA) is 83.0 Å². The zero-order valence-corrected chi connectivity index (χ0v) is 20.8. The lowest BCUT2D eigenvalue weighted by molar-refractivity contribution is -0.114. The van der Waals surface area contributed by atoms with Crippen molar-refractivity contribution >= 4 is 39.8 Å². The molecule has 3 aromatic rings. The number of amides is 1.